The molecule has 0 saturated heterocycles. The molecule has 0 aliphatic rings. The van der Waals surface area contributed by atoms with E-state index in [9.17, 15) is 4.79 Å². The number of hydrogen-bond acceptors (Lipinski definition) is 3. The van der Waals surface area contributed by atoms with E-state index in [1.165, 1.54) is 4.88 Å². The topological polar surface area (TPSA) is 40.5 Å². The fraction of sp³-hybridized carbons (Fsp3) is 0.545. The molecule has 1 heterocycles. The van der Waals surface area contributed by atoms with E-state index in [4.69, 9.17) is 16.7 Å². The molecule has 0 saturated carbocycles. The number of nitrogens with zero attached hydrogens (tertiary/aromatic N) is 1. The lowest BCUT2D eigenvalue weighted by atomic mass is 10.2. The van der Waals surface area contributed by atoms with Crippen LogP contribution in [-0.4, -0.2) is 28.6 Å². The lowest BCUT2D eigenvalue weighted by molar-refractivity contribution is -0.137. The Labute approximate surface area is 105 Å². The second-order valence-electron chi connectivity index (χ2n) is 3.94. The van der Waals surface area contributed by atoms with E-state index in [0.29, 0.717) is 12.6 Å². The van der Waals surface area contributed by atoms with Crippen LogP contribution in [0.3, 0.4) is 0 Å². The third kappa shape index (κ3) is 4.51. The van der Waals surface area contributed by atoms with Crippen LogP contribution in [0.2, 0.25) is 5.02 Å². The Balaban J connectivity index is 2.54. The summed E-state index contributed by atoms with van der Waals surface area (Å²) in [4.78, 5) is 13.8. The highest BCUT2D eigenvalue weighted by Crippen LogP contribution is 2.21. The van der Waals surface area contributed by atoms with E-state index in [1.54, 1.807) is 11.3 Å². The molecule has 0 bridgehead atoms. The van der Waals surface area contributed by atoms with E-state index in [2.05, 4.69) is 18.7 Å². The summed E-state index contributed by atoms with van der Waals surface area (Å²) in [5, 5.41) is 11.3. The van der Waals surface area contributed by atoms with Crippen molar-refractivity contribution in [2.45, 2.75) is 32.9 Å². The first-order valence-corrected chi connectivity index (χ1v) is 6.43. The minimum Gasteiger partial charge on any atom is -0.481 e. The quantitative estimate of drug-likeness (QED) is 0.856. The molecule has 0 aliphatic carbocycles. The maximum Gasteiger partial charge on any atom is 0.304 e. The molecule has 1 aromatic rings. The summed E-state index contributed by atoms with van der Waals surface area (Å²) in [6.07, 6.45) is 0.178. The minimum atomic E-state index is -0.755. The first kappa shape index (κ1) is 13.5. The van der Waals surface area contributed by atoms with Gasteiger partial charge < -0.3 is 5.11 Å². The average molecular weight is 262 g/mol. The number of halogens is 1. The third-order valence-corrected chi connectivity index (χ3v) is 3.59. The molecule has 0 radical (unpaired) electrons. The van der Waals surface area contributed by atoms with Crippen molar-refractivity contribution in [3.8, 4) is 0 Å². The van der Waals surface area contributed by atoms with Crippen LogP contribution in [0.4, 0.5) is 0 Å². The first-order chi connectivity index (χ1) is 7.49. The van der Waals surface area contributed by atoms with Crippen molar-refractivity contribution >= 4 is 28.9 Å². The smallest absolute Gasteiger partial charge is 0.304 e. The molecule has 1 rings (SSSR count). The third-order valence-electron chi connectivity index (χ3n) is 2.32. The van der Waals surface area contributed by atoms with E-state index < -0.39 is 5.97 Å². The molecule has 1 N–H and O–H groups in total. The van der Waals surface area contributed by atoms with Gasteiger partial charge in [0.2, 0.25) is 0 Å². The van der Waals surface area contributed by atoms with Crippen molar-refractivity contribution in [3.05, 3.63) is 21.3 Å². The summed E-state index contributed by atoms with van der Waals surface area (Å²) in [5.74, 6) is -0.755. The van der Waals surface area contributed by atoms with Gasteiger partial charge in [-0.2, -0.15) is 0 Å². The summed E-state index contributed by atoms with van der Waals surface area (Å²) in [5.41, 5.74) is 0. The van der Waals surface area contributed by atoms with E-state index in [0.717, 1.165) is 11.6 Å². The monoisotopic (exact) mass is 261 g/mol. The molecule has 0 amide bonds. The standard InChI is InChI=1S/C11H16ClNO2S/c1-8(2)13(4-3-11(14)15)6-10-5-9(12)7-16-10/h5,7-8H,3-4,6H2,1-2H3,(H,14,15). The normalized spacial score (nSPS) is 11.3. The second kappa shape index (κ2) is 6.23. The lowest BCUT2D eigenvalue weighted by Crippen LogP contribution is -2.32. The van der Waals surface area contributed by atoms with Crippen molar-refractivity contribution in [1.82, 2.24) is 4.90 Å². The molecule has 3 nitrogen and oxygen atoms in total. The molecular weight excluding hydrogens is 246 g/mol. The van der Waals surface area contributed by atoms with Gasteiger partial charge in [0, 0.05) is 29.4 Å². The fourth-order valence-electron chi connectivity index (χ4n) is 1.40. The van der Waals surface area contributed by atoms with Gasteiger partial charge in [-0.15, -0.1) is 11.3 Å². The molecule has 0 unspecified atom stereocenters. The lowest BCUT2D eigenvalue weighted by Gasteiger charge is -2.25. The molecule has 0 atom stereocenters. The number of carboxylic acids is 1. The van der Waals surface area contributed by atoms with Crippen molar-refractivity contribution in [2.75, 3.05) is 6.54 Å². The molecular formula is C11H16ClNO2S. The Morgan fingerprint density at radius 1 is 1.62 bits per heavy atom. The van der Waals surface area contributed by atoms with Gasteiger partial charge in [0.15, 0.2) is 0 Å². The Kier molecular flexibility index (Phi) is 5.25. The van der Waals surface area contributed by atoms with Gasteiger partial charge in [0.1, 0.15) is 0 Å². The Bertz CT molecular complexity index is 352. The highest BCUT2D eigenvalue weighted by molar-refractivity contribution is 7.10. The van der Waals surface area contributed by atoms with Gasteiger partial charge in [-0.1, -0.05) is 11.6 Å². The first-order valence-electron chi connectivity index (χ1n) is 5.18. The van der Waals surface area contributed by atoms with Gasteiger partial charge in [-0.05, 0) is 19.9 Å². The van der Waals surface area contributed by atoms with Crippen molar-refractivity contribution in [3.63, 3.8) is 0 Å². The molecule has 0 fully saturated rings. The highest BCUT2D eigenvalue weighted by Gasteiger charge is 2.12. The van der Waals surface area contributed by atoms with E-state index in [1.807, 2.05) is 11.4 Å². The van der Waals surface area contributed by atoms with Crippen LogP contribution in [0.5, 0.6) is 0 Å². The number of carboxylic acid groups (broad SMARTS) is 1. The van der Waals surface area contributed by atoms with E-state index >= 15 is 0 Å². The molecule has 5 heteroatoms. The van der Waals surface area contributed by atoms with Crippen LogP contribution in [0.15, 0.2) is 11.4 Å². The van der Waals surface area contributed by atoms with Crippen molar-refractivity contribution in [1.29, 1.82) is 0 Å². The number of carbonyl (C=O) groups is 1. The van der Waals surface area contributed by atoms with Crippen LogP contribution < -0.4 is 0 Å². The number of aliphatic carboxylic acids is 1. The molecule has 0 spiro atoms. The number of rotatable bonds is 6. The minimum absolute atomic E-state index is 0.178. The zero-order valence-corrected chi connectivity index (χ0v) is 11.0. The summed E-state index contributed by atoms with van der Waals surface area (Å²) in [6, 6.07) is 2.27. The van der Waals surface area contributed by atoms with Gasteiger partial charge in [-0.25, -0.2) is 0 Å². The molecule has 0 aromatic carbocycles. The zero-order chi connectivity index (χ0) is 12.1. The maximum atomic E-state index is 10.5. The number of thiophene rings is 1. The summed E-state index contributed by atoms with van der Waals surface area (Å²) in [6.45, 7) is 5.47. The predicted octanol–water partition coefficient (Wildman–Crippen LogP) is 3.09. The van der Waals surface area contributed by atoms with Crippen LogP contribution in [0, 0.1) is 0 Å². The largest absolute Gasteiger partial charge is 0.481 e. The van der Waals surface area contributed by atoms with Crippen LogP contribution >= 0.6 is 22.9 Å². The number of hydrogen-bond donors (Lipinski definition) is 1. The van der Waals surface area contributed by atoms with E-state index in [-0.39, 0.29) is 6.42 Å². The van der Waals surface area contributed by atoms with Gasteiger partial charge in [0.25, 0.3) is 0 Å². The average Bonchev–Trinajstić information content (AvgIpc) is 2.57. The van der Waals surface area contributed by atoms with Crippen LogP contribution in [0.25, 0.3) is 0 Å². The van der Waals surface area contributed by atoms with Crippen LogP contribution in [-0.2, 0) is 11.3 Å². The zero-order valence-electron chi connectivity index (χ0n) is 9.44. The maximum absolute atomic E-state index is 10.5. The molecule has 90 valence electrons. The Morgan fingerprint density at radius 2 is 2.31 bits per heavy atom. The SMILES string of the molecule is CC(C)N(CCC(=O)O)Cc1cc(Cl)cs1. The molecule has 16 heavy (non-hydrogen) atoms. The second-order valence-corrected chi connectivity index (χ2v) is 5.37. The van der Waals surface area contributed by atoms with Gasteiger partial charge in [0.05, 0.1) is 11.4 Å². The summed E-state index contributed by atoms with van der Waals surface area (Å²) < 4.78 is 0. The van der Waals surface area contributed by atoms with Crippen molar-refractivity contribution in [2.24, 2.45) is 0 Å². The Morgan fingerprint density at radius 3 is 2.75 bits per heavy atom. The molecule has 0 aliphatic heterocycles. The highest BCUT2D eigenvalue weighted by atomic mass is 35.5. The van der Waals surface area contributed by atoms with Crippen LogP contribution in [0.1, 0.15) is 25.1 Å². The van der Waals surface area contributed by atoms with Gasteiger partial charge >= 0.3 is 5.97 Å². The molecule has 1 aromatic heterocycles. The van der Waals surface area contributed by atoms with Gasteiger partial charge in [-0.3, -0.25) is 9.69 Å². The predicted molar refractivity (Wildman–Crippen MR) is 67.1 cm³/mol. The van der Waals surface area contributed by atoms with Crippen molar-refractivity contribution < 1.29 is 9.90 Å². The fourth-order valence-corrected chi connectivity index (χ4v) is 2.49. The summed E-state index contributed by atoms with van der Waals surface area (Å²) in [7, 11) is 0. The summed E-state index contributed by atoms with van der Waals surface area (Å²) >= 11 is 7.46. The Hall–Kier alpha value is -0.580.